The van der Waals surface area contributed by atoms with Gasteiger partial charge >= 0.3 is 0 Å². The second-order valence-corrected chi connectivity index (χ2v) is 7.05. The molecular formula is C24H33NO. The molecule has 0 heterocycles. The van der Waals surface area contributed by atoms with Gasteiger partial charge in [0.15, 0.2) is 0 Å². The van der Waals surface area contributed by atoms with Gasteiger partial charge in [-0.2, -0.15) is 0 Å². The van der Waals surface area contributed by atoms with Gasteiger partial charge in [0.25, 0.3) is 0 Å². The lowest BCUT2D eigenvalue weighted by Gasteiger charge is -2.17. The monoisotopic (exact) mass is 351 g/mol. The molecule has 0 saturated heterocycles. The van der Waals surface area contributed by atoms with Crippen molar-refractivity contribution in [3.8, 4) is 0 Å². The number of hydrogen-bond donors (Lipinski definition) is 2. The van der Waals surface area contributed by atoms with Gasteiger partial charge in [-0.05, 0) is 48.1 Å². The third kappa shape index (κ3) is 6.34. The van der Waals surface area contributed by atoms with E-state index in [9.17, 15) is 5.11 Å². The van der Waals surface area contributed by atoms with Gasteiger partial charge in [0.2, 0.25) is 0 Å². The molecule has 0 aliphatic rings. The number of unbranched alkanes of at least 4 members (excludes halogenated alkanes) is 3. The number of hydrogen-bond acceptors (Lipinski definition) is 2. The van der Waals surface area contributed by atoms with Crippen LogP contribution in [0, 0.1) is 0 Å². The van der Waals surface area contributed by atoms with E-state index in [2.05, 4.69) is 50.0 Å². The quantitative estimate of drug-likeness (QED) is 0.458. The second-order valence-electron chi connectivity index (χ2n) is 7.05. The highest BCUT2D eigenvalue weighted by Crippen LogP contribution is 2.23. The highest BCUT2D eigenvalue weighted by atomic mass is 16.3. The molecule has 0 spiro atoms. The maximum atomic E-state index is 10.6. The van der Waals surface area contributed by atoms with E-state index >= 15 is 0 Å². The van der Waals surface area contributed by atoms with Crippen LogP contribution in [0.3, 0.4) is 0 Å². The lowest BCUT2D eigenvalue weighted by molar-refractivity contribution is 0.217. The molecule has 2 aromatic carbocycles. The maximum Gasteiger partial charge on any atom is 0.118 e. The summed E-state index contributed by atoms with van der Waals surface area (Å²) in [6.45, 7) is 8.43. The molecule has 0 bridgehead atoms. The van der Waals surface area contributed by atoms with Crippen molar-refractivity contribution in [3.63, 3.8) is 0 Å². The summed E-state index contributed by atoms with van der Waals surface area (Å²) >= 11 is 0. The molecule has 2 nitrogen and oxygen atoms in total. The van der Waals surface area contributed by atoms with Crippen LogP contribution >= 0.6 is 0 Å². The van der Waals surface area contributed by atoms with Crippen molar-refractivity contribution in [1.29, 1.82) is 0 Å². The Morgan fingerprint density at radius 2 is 1.46 bits per heavy atom. The molecule has 0 radical (unpaired) electrons. The van der Waals surface area contributed by atoms with Crippen molar-refractivity contribution < 1.29 is 5.11 Å². The number of aliphatic hydroxyl groups excluding tert-OH is 1. The van der Waals surface area contributed by atoms with Gasteiger partial charge in [0, 0.05) is 11.4 Å². The zero-order valence-electron chi connectivity index (χ0n) is 16.3. The van der Waals surface area contributed by atoms with Gasteiger partial charge in [0.05, 0.1) is 0 Å². The molecule has 1 unspecified atom stereocenters. The van der Waals surface area contributed by atoms with Crippen molar-refractivity contribution >= 4 is 5.69 Å². The van der Waals surface area contributed by atoms with Crippen LogP contribution in [0.5, 0.6) is 0 Å². The molecule has 0 saturated carbocycles. The Hall–Kier alpha value is -2.06. The molecule has 0 aliphatic heterocycles. The van der Waals surface area contributed by atoms with Gasteiger partial charge in [-0.3, -0.25) is 0 Å². The standard InChI is InChI=1S/C24H33NO/c1-4-6-7-8-10-21-11-15-22(16-12-21)24(26)19(3)25-23-17-13-20(9-5-2)14-18-23/h11-18,24-26H,3-10H2,1-2H3. The largest absolute Gasteiger partial charge is 0.382 e. The van der Waals surface area contributed by atoms with Gasteiger partial charge in [-0.25, -0.2) is 0 Å². The third-order valence-electron chi connectivity index (χ3n) is 4.74. The molecule has 26 heavy (non-hydrogen) atoms. The van der Waals surface area contributed by atoms with Crippen molar-refractivity contribution in [3.05, 3.63) is 77.5 Å². The van der Waals surface area contributed by atoms with Crippen LogP contribution in [0.4, 0.5) is 5.69 Å². The minimum absolute atomic E-state index is 0.601. The van der Waals surface area contributed by atoms with Crippen LogP contribution in [-0.2, 0) is 12.8 Å². The van der Waals surface area contributed by atoms with Crippen LogP contribution in [0.15, 0.2) is 60.8 Å². The van der Waals surface area contributed by atoms with Crippen molar-refractivity contribution in [2.75, 3.05) is 5.32 Å². The number of rotatable bonds is 11. The summed E-state index contributed by atoms with van der Waals surface area (Å²) in [6, 6.07) is 16.6. The summed E-state index contributed by atoms with van der Waals surface area (Å²) in [5, 5.41) is 13.8. The van der Waals surface area contributed by atoms with E-state index in [-0.39, 0.29) is 0 Å². The fourth-order valence-electron chi connectivity index (χ4n) is 3.12. The fourth-order valence-corrected chi connectivity index (χ4v) is 3.12. The molecule has 0 aromatic heterocycles. The highest BCUT2D eigenvalue weighted by Gasteiger charge is 2.12. The minimum atomic E-state index is -0.709. The Morgan fingerprint density at radius 1 is 0.846 bits per heavy atom. The van der Waals surface area contributed by atoms with E-state index in [0.717, 1.165) is 30.5 Å². The van der Waals surface area contributed by atoms with E-state index in [1.54, 1.807) is 0 Å². The van der Waals surface area contributed by atoms with E-state index < -0.39 is 6.10 Å². The summed E-state index contributed by atoms with van der Waals surface area (Å²) in [5.74, 6) is 0. The number of nitrogens with one attached hydrogen (secondary N) is 1. The minimum Gasteiger partial charge on any atom is -0.382 e. The van der Waals surface area contributed by atoms with Crippen LogP contribution in [0.1, 0.15) is 68.7 Å². The SMILES string of the molecule is C=C(Nc1ccc(CCC)cc1)C(O)c1ccc(CCCCCC)cc1. The predicted molar refractivity (Wildman–Crippen MR) is 112 cm³/mol. The van der Waals surface area contributed by atoms with E-state index in [4.69, 9.17) is 0 Å². The Morgan fingerprint density at radius 3 is 2.08 bits per heavy atom. The van der Waals surface area contributed by atoms with Crippen molar-refractivity contribution in [2.45, 2.75) is 64.9 Å². The van der Waals surface area contributed by atoms with E-state index in [1.165, 1.54) is 36.8 Å². The summed E-state index contributed by atoms with van der Waals surface area (Å²) in [7, 11) is 0. The Balaban J connectivity index is 1.88. The number of benzene rings is 2. The number of aliphatic hydroxyl groups is 1. The first-order valence-corrected chi connectivity index (χ1v) is 9.95. The summed E-state index contributed by atoms with van der Waals surface area (Å²) in [4.78, 5) is 0. The van der Waals surface area contributed by atoms with Crippen molar-refractivity contribution in [2.24, 2.45) is 0 Å². The van der Waals surface area contributed by atoms with Crippen LogP contribution < -0.4 is 5.32 Å². The van der Waals surface area contributed by atoms with Gasteiger partial charge < -0.3 is 10.4 Å². The number of anilines is 1. The van der Waals surface area contributed by atoms with Crippen LogP contribution in [0.25, 0.3) is 0 Å². The normalized spacial score (nSPS) is 12.0. The first-order valence-electron chi connectivity index (χ1n) is 9.95. The highest BCUT2D eigenvalue weighted by molar-refractivity contribution is 5.50. The molecule has 0 amide bonds. The van der Waals surface area contributed by atoms with Gasteiger partial charge in [-0.1, -0.05) is 82.5 Å². The Kier molecular flexibility index (Phi) is 8.43. The number of aryl methyl sites for hydroxylation is 2. The lowest BCUT2D eigenvalue weighted by Crippen LogP contribution is -2.09. The summed E-state index contributed by atoms with van der Waals surface area (Å²) in [5.41, 5.74) is 5.11. The molecule has 0 fully saturated rings. The first-order chi connectivity index (χ1) is 12.6. The van der Waals surface area contributed by atoms with E-state index in [0.29, 0.717) is 5.70 Å². The maximum absolute atomic E-state index is 10.6. The molecule has 2 heteroatoms. The second kappa shape index (κ2) is 10.8. The molecule has 1 atom stereocenters. The van der Waals surface area contributed by atoms with Crippen LogP contribution in [0.2, 0.25) is 0 Å². The zero-order chi connectivity index (χ0) is 18.8. The Bertz CT molecular complexity index is 658. The first kappa shape index (κ1) is 20.3. The molecular weight excluding hydrogens is 318 g/mol. The molecule has 2 N–H and O–H groups in total. The smallest absolute Gasteiger partial charge is 0.118 e. The molecule has 140 valence electrons. The topological polar surface area (TPSA) is 32.3 Å². The average molecular weight is 352 g/mol. The van der Waals surface area contributed by atoms with Crippen LogP contribution in [-0.4, -0.2) is 5.11 Å². The van der Waals surface area contributed by atoms with Crippen molar-refractivity contribution in [1.82, 2.24) is 0 Å². The van der Waals surface area contributed by atoms with E-state index in [1.807, 2.05) is 24.3 Å². The molecule has 2 aromatic rings. The third-order valence-corrected chi connectivity index (χ3v) is 4.74. The lowest BCUT2D eigenvalue weighted by atomic mass is 10.0. The summed E-state index contributed by atoms with van der Waals surface area (Å²) < 4.78 is 0. The average Bonchev–Trinajstić information content (AvgIpc) is 2.67. The molecule has 2 rings (SSSR count). The predicted octanol–water partition coefficient (Wildman–Crippen LogP) is 6.42. The van der Waals surface area contributed by atoms with Gasteiger partial charge in [-0.15, -0.1) is 0 Å². The van der Waals surface area contributed by atoms with Gasteiger partial charge in [0.1, 0.15) is 6.10 Å². The molecule has 0 aliphatic carbocycles. The summed E-state index contributed by atoms with van der Waals surface area (Å²) in [6.07, 6.45) is 7.74. The zero-order valence-corrected chi connectivity index (χ0v) is 16.3. The fraction of sp³-hybridized carbons (Fsp3) is 0.417. The Labute approximate surface area is 159 Å².